The number of nitrogens with zero attached hydrogens (tertiary/aromatic N) is 1. The van der Waals surface area contributed by atoms with Crippen molar-refractivity contribution < 1.29 is 18.7 Å². The number of hydrogen-bond donors (Lipinski definition) is 1. The monoisotopic (exact) mass is 344 g/mol. The van der Waals surface area contributed by atoms with E-state index in [-0.39, 0.29) is 36.8 Å². The average Bonchev–Trinajstić information content (AvgIpc) is 3.06. The van der Waals surface area contributed by atoms with Crippen molar-refractivity contribution in [2.75, 3.05) is 13.1 Å². The molecule has 0 unspecified atom stereocenters. The summed E-state index contributed by atoms with van der Waals surface area (Å²) in [4.78, 5) is 26.1. The van der Waals surface area contributed by atoms with Crippen LogP contribution in [0.1, 0.15) is 36.9 Å². The molecular formula is C19H24N2O4. The molecule has 0 fully saturated rings. The van der Waals surface area contributed by atoms with Crippen molar-refractivity contribution in [1.82, 2.24) is 10.2 Å². The van der Waals surface area contributed by atoms with Crippen molar-refractivity contribution in [2.45, 2.75) is 33.4 Å². The van der Waals surface area contributed by atoms with Crippen LogP contribution in [0.5, 0.6) is 5.75 Å². The molecule has 6 nitrogen and oxygen atoms in total. The summed E-state index contributed by atoms with van der Waals surface area (Å²) in [7, 11) is 0. The molecule has 2 amide bonds. The number of carbonyl (C=O) groups is 2. The summed E-state index contributed by atoms with van der Waals surface area (Å²) in [6.07, 6.45) is 1.46. The van der Waals surface area contributed by atoms with Gasteiger partial charge in [0.2, 0.25) is 5.91 Å². The molecule has 0 aliphatic carbocycles. The quantitative estimate of drug-likeness (QED) is 0.799. The molecule has 1 aromatic heterocycles. The van der Waals surface area contributed by atoms with Crippen LogP contribution in [0.25, 0.3) is 0 Å². The van der Waals surface area contributed by atoms with Crippen LogP contribution in [0, 0.1) is 0 Å². The van der Waals surface area contributed by atoms with E-state index in [0.29, 0.717) is 17.9 Å². The zero-order valence-electron chi connectivity index (χ0n) is 14.8. The summed E-state index contributed by atoms with van der Waals surface area (Å²) >= 11 is 0. The van der Waals surface area contributed by atoms with E-state index in [2.05, 4.69) is 5.32 Å². The van der Waals surface area contributed by atoms with Gasteiger partial charge in [-0.25, -0.2) is 0 Å². The Bertz CT molecular complexity index is 694. The second kappa shape index (κ2) is 8.92. The minimum absolute atomic E-state index is 0.00675. The van der Waals surface area contributed by atoms with Gasteiger partial charge >= 0.3 is 0 Å². The average molecular weight is 344 g/mol. The van der Waals surface area contributed by atoms with Crippen molar-refractivity contribution >= 4 is 11.8 Å². The van der Waals surface area contributed by atoms with Crippen LogP contribution in [0.2, 0.25) is 0 Å². The first-order chi connectivity index (χ1) is 12.0. The van der Waals surface area contributed by atoms with Crippen LogP contribution < -0.4 is 10.1 Å². The van der Waals surface area contributed by atoms with Crippen molar-refractivity contribution in [3.63, 3.8) is 0 Å². The number of likely N-dealkylation sites (N-methyl/N-ethyl adjacent to an activating group) is 1. The topological polar surface area (TPSA) is 71.8 Å². The molecular weight excluding hydrogens is 320 g/mol. The first kappa shape index (κ1) is 18.6. The Morgan fingerprint density at radius 3 is 2.56 bits per heavy atom. The van der Waals surface area contributed by atoms with Crippen LogP contribution in [-0.4, -0.2) is 35.8 Å². The lowest BCUT2D eigenvalue weighted by Gasteiger charge is -2.20. The van der Waals surface area contributed by atoms with Gasteiger partial charge in [0, 0.05) is 18.2 Å². The van der Waals surface area contributed by atoms with Crippen LogP contribution in [0.4, 0.5) is 0 Å². The zero-order valence-corrected chi connectivity index (χ0v) is 14.8. The van der Waals surface area contributed by atoms with Gasteiger partial charge in [-0.1, -0.05) is 18.2 Å². The van der Waals surface area contributed by atoms with E-state index >= 15 is 0 Å². The summed E-state index contributed by atoms with van der Waals surface area (Å²) in [6, 6.07) is 11.1. The van der Waals surface area contributed by atoms with E-state index in [1.807, 2.05) is 51.1 Å². The number of amides is 2. The van der Waals surface area contributed by atoms with Gasteiger partial charge in [-0.05, 0) is 39.0 Å². The summed E-state index contributed by atoms with van der Waals surface area (Å²) in [5, 5.41) is 2.78. The van der Waals surface area contributed by atoms with Crippen LogP contribution in [0.3, 0.4) is 0 Å². The Hall–Kier alpha value is -2.76. The normalized spacial score (nSPS) is 10.6. The maximum atomic E-state index is 12.7. The lowest BCUT2D eigenvalue weighted by atomic mass is 10.2. The Morgan fingerprint density at radius 2 is 1.92 bits per heavy atom. The Balaban J connectivity index is 2.03. The molecule has 134 valence electrons. The van der Waals surface area contributed by atoms with E-state index in [1.54, 1.807) is 6.07 Å². The van der Waals surface area contributed by atoms with Crippen molar-refractivity contribution in [3.05, 3.63) is 54.0 Å². The molecule has 0 atom stereocenters. The van der Waals surface area contributed by atoms with Crippen LogP contribution in [0.15, 0.2) is 47.1 Å². The number of nitrogens with one attached hydrogen (secondary N) is 1. The molecule has 0 aliphatic heterocycles. The van der Waals surface area contributed by atoms with E-state index in [0.717, 1.165) is 0 Å². The highest BCUT2D eigenvalue weighted by Crippen LogP contribution is 2.17. The largest absolute Gasteiger partial charge is 0.489 e. The van der Waals surface area contributed by atoms with Crippen molar-refractivity contribution in [3.8, 4) is 5.75 Å². The summed E-state index contributed by atoms with van der Waals surface area (Å²) in [6.45, 7) is 6.20. The maximum absolute atomic E-state index is 12.7. The van der Waals surface area contributed by atoms with E-state index < -0.39 is 0 Å². The molecule has 1 aromatic carbocycles. The smallest absolute Gasteiger partial charge is 0.290 e. The number of benzene rings is 1. The SMILES string of the molecule is CCN(CC(=O)NC(C)C)C(=O)c1occc1COc1ccccc1. The van der Waals surface area contributed by atoms with Gasteiger partial charge in [0.1, 0.15) is 12.4 Å². The number of furan rings is 1. The van der Waals surface area contributed by atoms with Crippen LogP contribution >= 0.6 is 0 Å². The summed E-state index contributed by atoms with van der Waals surface area (Å²) < 4.78 is 11.0. The van der Waals surface area contributed by atoms with E-state index in [4.69, 9.17) is 9.15 Å². The number of hydrogen-bond acceptors (Lipinski definition) is 4. The maximum Gasteiger partial charge on any atom is 0.290 e. The van der Waals surface area contributed by atoms with Gasteiger partial charge in [0.25, 0.3) is 5.91 Å². The van der Waals surface area contributed by atoms with E-state index in [1.165, 1.54) is 11.2 Å². The van der Waals surface area contributed by atoms with Gasteiger partial charge in [0.15, 0.2) is 5.76 Å². The molecule has 6 heteroatoms. The van der Waals surface area contributed by atoms with Crippen molar-refractivity contribution in [1.29, 1.82) is 0 Å². The van der Waals surface area contributed by atoms with Crippen molar-refractivity contribution in [2.24, 2.45) is 0 Å². The number of carbonyl (C=O) groups excluding carboxylic acids is 2. The zero-order chi connectivity index (χ0) is 18.2. The molecule has 0 spiro atoms. The Kier molecular flexibility index (Phi) is 6.62. The lowest BCUT2D eigenvalue weighted by Crippen LogP contribution is -2.42. The summed E-state index contributed by atoms with van der Waals surface area (Å²) in [5.41, 5.74) is 0.650. The number of ether oxygens (including phenoxy) is 1. The minimum atomic E-state index is -0.321. The molecule has 1 heterocycles. The fraction of sp³-hybridized carbons (Fsp3) is 0.368. The number of rotatable bonds is 8. The highest BCUT2D eigenvalue weighted by atomic mass is 16.5. The second-order valence-corrected chi connectivity index (χ2v) is 5.92. The standard InChI is InChI=1S/C19H24N2O4/c1-4-21(12-17(22)20-14(2)3)19(23)18-15(10-11-24-18)13-25-16-8-6-5-7-9-16/h5-11,14H,4,12-13H2,1-3H3,(H,20,22). The highest BCUT2D eigenvalue weighted by Gasteiger charge is 2.23. The summed E-state index contributed by atoms with van der Waals surface area (Å²) in [5.74, 6) is 0.401. The molecule has 2 rings (SSSR count). The van der Waals surface area contributed by atoms with Gasteiger partial charge in [-0.15, -0.1) is 0 Å². The van der Waals surface area contributed by atoms with Crippen LogP contribution in [-0.2, 0) is 11.4 Å². The fourth-order valence-corrected chi connectivity index (χ4v) is 2.33. The predicted molar refractivity (Wildman–Crippen MR) is 94.3 cm³/mol. The second-order valence-electron chi connectivity index (χ2n) is 5.92. The Labute approximate surface area is 147 Å². The van der Waals surface area contributed by atoms with Gasteiger partial charge in [0.05, 0.1) is 12.8 Å². The first-order valence-electron chi connectivity index (χ1n) is 8.34. The highest BCUT2D eigenvalue weighted by molar-refractivity contribution is 5.95. The predicted octanol–water partition coefficient (Wildman–Crippen LogP) is 2.85. The third-order valence-electron chi connectivity index (χ3n) is 3.53. The number of para-hydroxylation sites is 1. The molecule has 25 heavy (non-hydrogen) atoms. The fourth-order valence-electron chi connectivity index (χ4n) is 2.33. The molecule has 1 N–H and O–H groups in total. The molecule has 2 aromatic rings. The minimum Gasteiger partial charge on any atom is -0.489 e. The third kappa shape index (κ3) is 5.38. The third-order valence-corrected chi connectivity index (χ3v) is 3.53. The van der Waals surface area contributed by atoms with Gasteiger partial charge < -0.3 is 19.4 Å². The Morgan fingerprint density at radius 1 is 1.20 bits per heavy atom. The van der Waals surface area contributed by atoms with Gasteiger partial charge in [-0.3, -0.25) is 9.59 Å². The van der Waals surface area contributed by atoms with E-state index in [9.17, 15) is 9.59 Å². The molecule has 0 radical (unpaired) electrons. The lowest BCUT2D eigenvalue weighted by molar-refractivity contribution is -0.122. The molecule has 0 saturated carbocycles. The molecule has 0 saturated heterocycles. The molecule has 0 aliphatic rings. The van der Waals surface area contributed by atoms with Gasteiger partial charge in [-0.2, -0.15) is 0 Å². The molecule has 0 bridgehead atoms. The first-order valence-corrected chi connectivity index (χ1v) is 8.34.